The summed E-state index contributed by atoms with van der Waals surface area (Å²) < 4.78 is 0. The van der Waals surface area contributed by atoms with Crippen molar-refractivity contribution in [3.63, 3.8) is 0 Å². The number of hydrogen-bond donors (Lipinski definition) is 2. The summed E-state index contributed by atoms with van der Waals surface area (Å²) in [6, 6.07) is 1.94. The van der Waals surface area contributed by atoms with Gasteiger partial charge >= 0.3 is 5.97 Å². The lowest BCUT2D eigenvalue weighted by Crippen LogP contribution is -2.50. The Morgan fingerprint density at radius 3 is 2.47 bits per heavy atom. The SMILES string of the molecule is Cc1cc(C2(C(=O)O)CC(O)C2)c(C)s1. The standard InChI is InChI=1S/C11H14O3S/c1-6-3-9(7(2)15-6)11(10(13)14)4-8(12)5-11/h3,8,12H,4-5H2,1-2H3,(H,13,14). The maximum Gasteiger partial charge on any atom is 0.314 e. The lowest BCUT2D eigenvalue weighted by atomic mass is 9.63. The van der Waals surface area contributed by atoms with E-state index in [1.165, 1.54) is 0 Å². The quantitative estimate of drug-likeness (QED) is 0.809. The first-order chi connectivity index (χ1) is 6.95. The molecule has 0 bridgehead atoms. The van der Waals surface area contributed by atoms with Gasteiger partial charge in [-0.3, -0.25) is 4.79 Å². The van der Waals surface area contributed by atoms with E-state index in [-0.39, 0.29) is 0 Å². The fraction of sp³-hybridized carbons (Fsp3) is 0.545. The molecule has 4 heteroatoms. The second-order valence-electron chi connectivity index (χ2n) is 4.28. The number of carbonyl (C=O) groups is 1. The van der Waals surface area contributed by atoms with Gasteiger partial charge < -0.3 is 10.2 Å². The van der Waals surface area contributed by atoms with Crippen molar-refractivity contribution in [2.75, 3.05) is 0 Å². The molecule has 1 aromatic rings. The van der Waals surface area contributed by atoms with Crippen molar-refractivity contribution in [2.24, 2.45) is 0 Å². The Hall–Kier alpha value is -0.870. The third-order valence-electron chi connectivity index (χ3n) is 3.13. The summed E-state index contributed by atoms with van der Waals surface area (Å²) in [5, 5.41) is 18.6. The molecule has 0 aliphatic heterocycles. The number of aliphatic hydroxyl groups is 1. The summed E-state index contributed by atoms with van der Waals surface area (Å²) in [6.45, 7) is 3.92. The third kappa shape index (κ3) is 1.48. The molecule has 1 fully saturated rings. The smallest absolute Gasteiger partial charge is 0.314 e. The molecule has 0 spiro atoms. The molecule has 0 unspecified atom stereocenters. The fourth-order valence-corrected chi connectivity index (χ4v) is 3.38. The van der Waals surface area contributed by atoms with Crippen LogP contribution in [-0.2, 0) is 10.2 Å². The summed E-state index contributed by atoms with van der Waals surface area (Å²) in [4.78, 5) is 13.5. The average Bonchev–Trinajstić information content (AvgIpc) is 2.39. The van der Waals surface area contributed by atoms with Gasteiger partial charge in [-0.15, -0.1) is 11.3 Å². The number of hydrogen-bond acceptors (Lipinski definition) is 3. The molecule has 15 heavy (non-hydrogen) atoms. The van der Waals surface area contributed by atoms with Crippen LogP contribution in [0.5, 0.6) is 0 Å². The molecular formula is C11H14O3S. The van der Waals surface area contributed by atoms with Crippen molar-refractivity contribution in [1.82, 2.24) is 0 Å². The zero-order valence-corrected chi connectivity index (χ0v) is 9.60. The Morgan fingerprint density at radius 1 is 1.53 bits per heavy atom. The van der Waals surface area contributed by atoms with Gasteiger partial charge in [0.2, 0.25) is 0 Å². The van der Waals surface area contributed by atoms with Crippen LogP contribution in [0.15, 0.2) is 6.07 Å². The molecule has 0 aromatic carbocycles. The maximum atomic E-state index is 11.3. The Labute approximate surface area is 92.4 Å². The number of aliphatic carboxylic acids is 1. The van der Waals surface area contributed by atoms with Crippen molar-refractivity contribution in [3.8, 4) is 0 Å². The Balaban J connectivity index is 2.43. The van der Waals surface area contributed by atoms with Gasteiger partial charge in [-0.2, -0.15) is 0 Å². The lowest BCUT2D eigenvalue weighted by molar-refractivity contribution is -0.152. The molecule has 82 valence electrons. The van der Waals surface area contributed by atoms with Crippen LogP contribution in [0.25, 0.3) is 0 Å². The molecule has 0 radical (unpaired) electrons. The van der Waals surface area contributed by atoms with E-state index in [1.807, 2.05) is 19.9 Å². The van der Waals surface area contributed by atoms with Crippen LogP contribution in [0, 0.1) is 13.8 Å². The van der Waals surface area contributed by atoms with E-state index in [1.54, 1.807) is 11.3 Å². The van der Waals surface area contributed by atoms with Crippen LogP contribution in [0.3, 0.4) is 0 Å². The van der Waals surface area contributed by atoms with E-state index in [0.717, 1.165) is 15.3 Å². The Kier molecular flexibility index (Phi) is 2.35. The zero-order valence-electron chi connectivity index (χ0n) is 8.78. The normalized spacial score (nSPS) is 29.9. The zero-order chi connectivity index (χ0) is 11.2. The van der Waals surface area contributed by atoms with Gasteiger partial charge in [-0.25, -0.2) is 0 Å². The predicted octanol–water partition coefficient (Wildman–Crippen LogP) is 1.84. The van der Waals surface area contributed by atoms with Crippen LogP contribution < -0.4 is 0 Å². The van der Waals surface area contributed by atoms with Crippen molar-refractivity contribution in [1.29, 1.82) is 0 Å². The minimum absolute atomic E-state index is 0.347. The van der Waals surface area contributed by atoms with Crippen molar-refractivity contribution >= 4 is 17.3 Å². The number of aryl methyl sites for hydroxylation is 2. The summed E-state index contributed by atoms with van der Waals surface area (Å²) >= 11 is 1.62. The molecule has 1 aromatic heterocycles. The Bertz CT molecular complexity index is 402. The number of aliphatic hydroxyl groups excluding tert-OH is 1. The summed E-state index contributed by atoms with van der Waals surface area (Å²) in [5.74, 6) is -0.811. The lowest BCUT2D eigenvalue weighted by Gasteiger charge is -2.42. The predicted molar refractivity (Wildman–Crippen MR) is 58.3 cm³/mol. The van der Waals surface area contributed by atoms with Crippen LogP contribution in [-0.4, -0.2) is 22.3 Å². The maximum absolute atomic E-state index is 11.3. The summed E-state index contributed by atoms with van der Waals surface area (Å²) in [5.41, 5.74) is 0.0663. The van der Waals surface area contributed by atoms with Crippen LogP contribution in [0.1, 0.15) is 28.2 Å². The number of carboxylic acids is 1. The molecule has 1 aliphatic carbocycles. The van der Waals surface area contributed by atoms with Gasteiger partial charge in [0, 0.05) is 9.75 Å². The van der Waals surface area contributed by atoms with E-state index in [9.17, 15) is 15.0 Å². The Morgan fingerprint density at radius 2 is 2.13 bits per heavy atom. The van der Waals surface area contributed by atoms with Crippen LogP contribution >= 0.6 is 11.3 Å². The van der Waals surface area contributed by atoms with Gasteiger partial charge in [0.1, 0.15) is 0 Å². The largest absolute Gasteiger partial charge is 0.481 e. The fourth-order valence-electron chi connectivity index (χ4n) is 2.36. The highest BCUT2D eigenvalue weighted by Crippen LogP contribution is 2.47. The minimum atomic E-state index is -0.825. The molecule has 1 aliphatic rings. The molecule has 1 saturated carbocycles. The van der Waals surface area contributed by atoms with Crippen LogP contribution in [0.4, 0.5) is 0 Å². The van der Waals surface area contributed by atoms with E-state index in [2.05, 4.69) is 0 Å². The van der Waals surface area contributed by atoms with Gasteiger partial charge in [0.15, 0.2) is 0 Å². The number of thiophene rings is 1. The number of rotatable bonds is 2. The molecule has 1 heterocycles. The number of carboxylic acid groups (broad SMARTS) is 1. The van der Waals surface area contributed by atoms with E-state index in [4.69, 9.17) is 0 Å². The molecule has 0 saturated heterocycles. The minimum Gasteiger partial charge on any atom is -0.481 e. The summed E-state index contributed by atoms with van der Waals surface area (Å²) in [7, 11) is 0. The molecule has 0 amide bonds. The van der Waals surface area contributed by atoms with E-state index < -0.39 is 17.5 Å². The first kappa shape index (κ1) is 10.6. The van der Waals surface area contributed by atoms with Crippen molar-refractivity contribution in [2.45, 2.75) is 38.2 Å². The molecule has 3 nitrogen and oxygen atoms in total. The highest BCUT2D eigenvalue weighted by atomic mass is 32.1. The third-order valence-corrected chi connectivity index (χ3v) is 4.10. The van der Waals surface area contributed by atoms with Crippen molar-refractivity contribution in [3.05, 3.63) is 21.4 Å². The first-order valence-corrected chi connectivity index (χ1v) is 5.76. The second kappa shape index (κ2) is 3.32. The molecule has 2 N–H and O–H groups in total. The van der Waals surface area contributed by atoms with E-state index in [0.29, 0.717) is 12.8 Å². The van der Waals surface area contributed by atoms with Crippen molar-refractivity contribution < 1.29 is 15.0 Å². The van der Waals surface area contributed by atoms with Gasteiger partial charge in [0.25, 0.3) is 0 Å². The first-order valence-electron chi connectivity index (χ1n) is 4.95. The second-order valence-corrected chi connectivity index (χ2v) is 5.74. The van der Waals surface area contributed by atoms with E-state index >= 15 is 0 Å². The van der Waals surface area contributed by atoms with Gasteiger partial charge in [0.05, 0.1) is 11.5 Å². The molecular weight excluding hydrogens is 212 g/mol. The summed E-state index contributed by atoms with van der Waals surface area (Å²) in [6.07, 6.45) is 0.235. The molecule has 0 atom stereocenters. The van der Waals surface area contributed by atoms with Gasteiger partial charge in [-0.1, -0.05) is 0 Å². The molecule has 2 rings (SSSR count). The van der Waals surface area contributed by atoms with Gasteiger partial charge in [-0.05, 0) is 38.3 Å². The highest BCUT2D eigenvalue weighted by Gasteiger charge is 2.52. The average molecular weight is 226 g/mol. The highest BCUT2D eigenvalue weighted by molar-refractivity contribution is 7.12. The monoisotopic (exact) mass is 226 g/mol. The topological polar surface area (TPSA) is 57.5 Å². The van der Waals surface area contributed by atoms with Crippen LogP contribution in [0.2, 0.25) is 0 Å².